The lowest BCUT2D eigenvalue weighted by Crippen LogP contribution is -2.28. The van der Waals surface area contributed by atoms with E-state index in [1.54, 1.807) is 18.2 Å². The van der Waals surface area contributed by atoms with E-state index < -0.39 is 12.8 Å². The number of nitrogens with two attached hydrogens (primary N) is 1. The Morgan fingerprint density at radius 1 is 1.38 bits per heavy atom. The molecule has 6 nitrogen and oxygen atoms in total. The van der Waals surface area contributed by atoms with Gasteiger partial charge in [0, 0.05) is 17.9 Å². The molecule has 0 aromatic heterocycles. The van der Waals surface area contributed by atoms with Gasteiger partial charge in [-0.25, -0.2) is 9.18 Å². The van der Waals surface area contributed by atoms with Gasteiger partial charge in [-0.05, 0) is 23.8 Å². The van der Waals surface area contributed by atoms with Gasteiger partial charge in [0.1, 0.15) is 12.8 Å². The van der Waals surface area contributed by atoms with Crippen LogP contribution < -0.4 is 15.5 Å². The van der Waals surface area contributed by atoms with Crippen LogP contribution in [0.1, 0.15) is 5.56 Å². The number of alkyl halides is 1. The lowest BCUT2D eigenvalue weighted by molar-refractivity contribution is -0.117. The first-order valence-corrected chi connectivity index (χ1v) is 6.81. The number of carbonyl (C=O) groups excluding carboxylic acids is 2. The maximum Gasteiger partial charge on any atom is 0.414 e. The molecule has 0 bridgehead atoms. The molecular formula is C14H16FN3O3. The number of anilines is 2. The number of fused-ring (bicyclic) bond motifs is 1. The number of carbonyl (C=O) groups is 2. The third-order valence-electron chi connectivity index (χ3n) is 3.75. The van der Waals surface area contributed by atoms with Crippen molar-refractivity contribution in [3.05, 3.63) is 23.8 Å². The Hall–Kier alpha value is -2.15. The summed E-state index contributed by atoms with van der Waals surface area (Å²) in [5.74, 6) is -0.122. The molecule has 2 aliphatic rings. The molecule has 0 spiro atoms. The molecule has 0 radical (unpaired) electrons. The van der Waals surface area contributed by atoms with Crippen LogP contribution in [0.15, 0.2) is 18.2 Å². The van der Waals surface area contributed by atoms with Crippen molar-refractivity contribution in [3.63, 3.8) is 0 Å². The Labute approximate surface area is 121 Å². The van der Waals surface area contributed by atoms with Crippen molar-refractivity contribution in [2.24, 2.45) is 5.73 Å². The Bertz CT molecular complexity index is 593. The second-order valence-corrected chi connectivity index (χ2v) is 5.08. The summed E-state index contributed by atoms with van der Waals surface area (Å²) in [6, 6.07) is 5.27. The normalized spacial score (nSPS) is 21.0. The van der Waals surface area contributed by atoms with Crippen LogP contribution in [0.4, 0.5) is 20.6 Å². The fourth-order valence-corrected chi connectivity index (χ4v) is 2.72. The van der Waals surface area contributed by atoms with E-state index in [1.165, 1.54) is 9.80 Å². The van der Waals surface area contributed by atoms with Crippen molar-refractivity contribution in [2.75, 3.05) is 36.1 Å². The molecule has 2 amide bonds. The molecule has 1 aromatic carbocycles. The summed E-state index contributed by atoms with van der Waals surface area (Å²) < 4.78 is 17.6. The molecule has 1 atom stereocenters. The van der Waals surface area contributed by atoms with Gasteiger partial charge in [-0.3, -0.25) is 9.69 Å². The van der Waals surface area contributed by atoms with E-state index in [4.69, 9.17) is 10.5 Å². The number of nitrogens with zero attached hydrogens (tertiary/aromatic N) is 2. The zero-order valence-electron chi connectivity index (χ0n) is 11.4. The average molecular weight is 293 g/mol. The zero-order chi connectivity index (χ0) is 15.0. The van der Waals surface area contributed by atoms with Crippen molar-refractivity contribution in [1.82, 2.24) is 0 Å². The molecule has 0 saturated carbocycles. The molecule has 3 rings (SSSR count). The second kappa shape index (κ2) is 5.33. The molecule has 2 heterocycles. The number of ether oxygens (including phenoxy) is 1. The Morgan fingerprint density at radius 3 is 2.86 bits per heavy atom. The van der Waals surface area contributed by atoms with Crippen LogP contribution in [0.5, 0.6) is 0 Å². The largest absolute Gasteiger partial charge is 0.443 e. The summed E-state index contributed by atoms with van der Waals surface area (Å²) in [5.41, 5.74) is 7.69. The minimum Gasteiger partial charge on any atom is -0.443 e. The second-order valence-electron chi connectivity index (χ2n) is 5.08. The third kappa shape index (κ3) is 2.33. The first-order chi connectivity index (χ1) is 10.1. The van der Waals surface area contributed by atoms with E-state index in [0.29, 0.717) is 17.9 Å². The van der Waals surface area contributed by atoms with Gasteiger partial charge in [0.05, 0.1) is 19.5 Å². The van der Waals surface area contributed by atoms with Crippen molar-refractivity contribution in [2.45, 2.75) is 12.5 Å². The van der Waals surface area contributed by atoms with Gasteiger partial charge in [-0.1, -0.05) is 0 Å². The van der Waals surface area contributed by atoms with E-state index in [9.17, 15) is 14.0 Å². The van der Waals surface area contributed by atoms with E-state index in [2.05, 4.69) is 0 Å². The van der Waals surface area contributed by atoms with Crippen LogP contribution in [0.3, 0.4) is 0 Å². The Balaban J connectivity index is 1.86. The number of benzene rings is 1. The minimum absolute atomic E-state index is 0.0617. The molecule has 21 heavy (non-hydrogen) atoms. The molecule has 112 valence electrons. The standard InChI is InChI=1S/C14H16FN3O3/c15-3-4-17-12-2-1-10(5-9(12)6-13(17)19)18-8-11(7-16)21-14(18)20/h1-2,5,11H,3-4,6-8,16H2/t11-/m1/s1. The topological polar surface area (TPSA) is 75.9 Å². The van der Waals surface area contributed by atoms with Gasteiger partial charge >= 0.3 is 6.09 Å². The van der Waals surface area contributed by atoms with Crippen LogP contribution in [0, 0.1) is 0 Å². The lowest BCUT2D eigenvalue weighted by Gasteiger charge is -2.17. The average Bonchev–Trinajstić information content (AvgIpc) is 2.99. The molecule has 2 N–H and O–H groups in total. The maximum absolute atomic E-state index is 12.5. The van der Waals surface area contributed by atoms with Crippen LogP contribution in [-0.2, 0) is 16.0 Å². The number of amides is 2. The summed E-state index contributed by atoms with van der Waals surface area (Å²) in [5, 5.41) is 0. The summed E-state index contributed by atoms with van der Waals surface area (Å²) in [7, 11) is 0. The minimum atomic E-state index is -0.580. The fraction of sp³-hybridized carbons (Fsp3) is 0.429. The highest BCUT2D eigenvalue weighted by molar-refractivity contribution is 6.02. The fourth-order valence-electron chi connectivity index (χ4n) is 2.72. The summed E-state index contributed by atoms with van der Waals surface area (Å²) in [6.07, 6.45) is -0.516. The molecule has 2 aliphatic heterocycles. The van der Waals surface area contributed by atoms with Gasteiger partial charge in [0.2, 0.25) is 5.91 Å². The molecule has 1 fully saturated rings. The van der Waals surface area contributed by atoms with E-state index in [1.807, 2.05) is 0 Å². The molecule has 0 aliphatic carbocycles. The maximum atomic E-state index is 12.5. The van der Waals surface area contributed by atoms with Crippen molar-refractivity contribution in [1.29, 1.82) is 0 Å². The van der Waals surface area contributed by atoms with Gasteiger partial charge in [-0.2, -0.15) is 0 Å². The number of hydrogen-bond donors (Lipinski definition) is 1. The van der Waals surface area contributed by atoms with Gasteiger partial charge < -0.3 is 15.4 Å². The Kier molecular flexibility index (Phi) is 3.50. The van der Waals surface area contributed by atoms with Gasteiger partial charge in [0.15, 0.2) is 0 Å². The van der Waals surface area contributed by atoms with Crippen LogP contribution >= 0.6 is 0 Å². The van der Waals surface area contributed by atoms with E-state index in [0.717, 1.165) is 5.56 Å². The van der Waals surface area contributed by atoms with Crippen LogP contribution in [0.25, 0.3) is 0 Å². The third-order valence-corrected chi connectivity index (χ3v) is 3.75. The molecule has 7 heteroatoms. The highest BCUT2D eigenvalue weighted by Crippen LogP contribution is 2.33. The number of rotatable bonds is 4. The highest BCUT2D eigenvalue weighted by Gasteiger charge is 2.33. The van der Waals surface area contributed by atoms with Crippen LogP contribution in [-0.4, -0.2) is 44.4 Å². The van der Waals surface area contributed by atoms with Crippen molar-refractivity contribution < 1.29 is 18.7 Å². The van der Waals surface area contributed by atoms with Crippen molar-refractivity contribution in [3.8, 4) is 0 Å². The number of halogens is 1. The van der Waals surface area contributed by atoms with E-state index in [-0.39, 0.29) is 31.5 Å². The molecular weight excluding hydrogens is 277 g/mol. The summed E-state index contributed by atoms with van der Waals surface area (Å²) in [6.45, 7) is 0.155. The molecule has 1 saturated heterocycles. The van der Waals surface area contributed by atoms with Crippen molar-refractivity contribution >= 4 is 23.4 Å². The van der Waals surface area contributed by atoms with Gasteiger partial charge in [0.25, 0.3) is 0 Å². The monoisotopic (exact) mass is 293 g/mol. The quantitative estimate of drug-likeness (QED) is 0.892. The van der Waals surface area contributed by atoms with Crippen LogP contribution in [0.2, 0.25) is 0 Å². The lowest BCUT2D eigenvalue weighted by atomic mass is 10.1. The zero-order valence-corrected chi connectivity index (χ0v) is 11.4. The summed E-state index contributed by atoms with van der Waals surface area (Å²) in [4.78, 5) is 26.6. The first kappa shape index (κ1) is 13.8. The molecule has 1 aromatic rings. The smallest absolute Gasteiger partial charge is 0.414 e. The summed E-state index contributed by atoms with van der Waals surface area (Å²) >= 11 is 0. The van der Waals surface area contributed by atoms with E-state index >= 15 is 0 Å². The molecule has 0 unspecified atom stereocenters. The SMILES string of the molecule is NC[C@@H]1CN(c2ccc3c(c2)CC(=O)N3CCF)C(=O)O1. The predicted octanol–water partition coefficient (Wildman–Crippen LogP) is 0.829. The van der Waals surface area contributed by atoms with Gasteiger partial charge in [-0.15, -0.1) is 0 Å². The number of hydrogen-bond acceptors (Lipinski definition) is 4. The number of cyclic esters (lactones) is 1. The highest BCUT2D eigenvalue weighted by atomic mass is 19.1. The Morgan fingerprint density at radius 2 is 2.19 bits per heavy atom. The first-order valence-electron chi connectivity index (χ1n) is 6.81. The predicted molar refractivity (Wildman–Crippen MR) is 75.1 cm³/mol.